The van der Waals surface area contributed by atoms with Gasteiger partial charge in [-0.15, -0.1) is 0 Å². The zero-order valence-electron chi connectivity index (χ0n) is 14.1. The number of rotatable bonds is 3. The van der Waals surface area contributed by atoms with Crippen molar-refractivity contribution < 1.29 is 9.53 Å². The van der Waals surface area contributed by atoms with E-state index in [1.54, 1.807) is 0 Å². The van der Waals surface area contributed by atoms with E-state index in [9.17, 15) is 4.79 Å². The minimum absolute atomic E-state index is 0.0846. The lowest BCUT2D eigenvalue weighted by atomic mass is 9.92. The van der Waals surface area contributed by atoms with Crippen LogP contribution in [-0.4, -0.2) is 56.2 Å². The van der Waals surface area contributed by atoms with E-state index in [2.05, 4.69) is 24.8 Å². The molecule has 23 heavy (non-hydrogen) atoms. The Morgan fingerprint density at radius 2 is 2.00 bits per heavy atom. The van der Waals surface area contributed by atoms with Crippen LogP contribution in [-0.2, 0) is 4.74 Å². The SMILES string of the molecule is CC(C)[C@@H]1CN(C(=O)c2cccc(N3CCOCC3)c2)C[C@H]1N. The lowest BCUT2D eigenvalue weighted by Gasteiger charge is -2.29. The van der Waals surface area contributed by atoms with Crippen molar-refractivity contribution in [3.8, 4) is 0 Å². The molecule has 2 aliphatic rings. The van der Waals surface area contributed by atoms with Gasteiger partial charge in [0.15, 0.2) is 0 Å². The van der Waals surface area contributed by atoms with Crippen molar-refractivity contribution in [1.82, 2.24) is 4.90 Å². The molecule has 2 N–H and O–H groups in total. The first kappa shape index (κ1) is 16.3. The molecule has 5 nitrogen and oxygen atoms in total. The molecule has 5 heteroatoms. The van der Waals surface area contributed by atoms with Crippen LogP contribution in [0.2, 0.25) is 0 Å². The standard InChI is InChI=1S/C18H27N3O2/c1-13(2)16-11-21(12-17(16)19)18(22)14-4-3-5-15(10-14)20-6-8-23-9-7-20/h3-5,10,13,16-17H,6-9,11-12,19H2,1-2H3/t16-,17+/m0/s1. The molecule has 1 aromatic rings. The lowest BCUT2D eigenvalue weighted by molar-refractivity contribution is 0.0783. The summed E-state index contributed by atoms with van der Waals surface area (Å²) in [5.74, 6) is 0.988. The Morgan fingerprint density at radius 3 is 2.65 bits per heavy atom. The highest BCUT2D eigenvalue weighted by Gasteiger charge is 2.35. The second-order valence-corrected chi connectivity index (χ2v) is 6.93. The number of likely N-dealkylation sites (tertiary alicyclic amines) is 1. The number of carbonyl (C=O) groups excluding carboxylic acids is 1. The Kier molecular flexibility index (Phi) is 4.87. The second kappa shape index (κ2) is 6.89. The summed E-state index contributed by atoms with van der Waals surface area (Å²) in [6.45, 7) is 9.02. The van der Waals surface area contributed by atoms with Gasteiger partial charge in [0.05, 0.1) is 13.2 Å². The molecule has 2 aliphatic heterocycles. The number of hydrogen-bond acceptors (Lipinski definition) is 4. The molecule has 0 saturated carbocycles. The molecule has 2 heterocycles. The highest BCUT2D eigenvalue weighted by atomic mass is 16.5. The van der Waals surface area contributed by atoms with Gasteiger partial charge in [0.2, 0.25) is 0 Å². The number of nitrogens with zero attached hydrogens (tertiary/aromatic N) is 2. The Hall–Kier alpha value is -1.59. The quantitative estimate of drug-likeness (QED) is 0.919. The molecule has 1 amide bonds. The third-order valence-corrected chi connectivity index (χ3v) is 5.03. The van der Waals surface area contributed by atoms with Gasteiger partial charge in [0.1, 0.15) is 0 Å². The normalized spacial score (nSPS) is 25.2. The summed E-state index contributed by atoms with van der Waals surface area (Å²) in [6.07, 6.45) is 0. The fraction of sp³-hybridized carbons (Fsp3) is 0.611. The molecule has 0 aliphatic carbocycles. The summed E-state index contributed by atoms with van der Waals surface area (Å²) in [7, 11) is 0. The van der Waals surface area contributed by atoms with Crippen molar-refractivity contribution in [3.05, 3.63) is 29.8 Å². The number of amides is 1. The molecule has 2 saturated heterocycles. The highest BCUT2D eigenvalue weighted by Crippen LogP contribution is 2.25. The number of carbonyl (C=O) groups is 1. The van der Waals surface area contributed by atoms with Crippen molar-refractivity contribution in [3.63, 3.8) is 0 Å². The summed E-state index contributed by atoms with van der Waals surface area (Å²) in [5, 5.41) is 0. The van der Waals surface area contributed by atoms with E-state index in [4.69, 9.17) is 10.5 Å². The fourth-order valence-electron chi connectivity index (χ4n) is 3.57. The van der Waals surface area contributed by atoms with Crippen molar-refractivity contribution in [2.45, 2.75) is 19.9 Å². The predicted octanol–water partition coefficient (Wildman–Crippen LogP) is 1.58. The number of ether oxygens (including phenoxy) is 1. The maximum atomic E-state index is 12.8. The zero-order chi connectivity index (χ0) is 16.4. The molecule has 0 aromatic heterocycles. The molecular weight excluding hydrogens is 290 g/mol. The molecule has 2 atom stereocenters. The minimum Gasteiger partial charge on any atom is -0.378 e. The summed E-state index contributed by atoms with van der Waals surface area (Å²) < 4.78 is 5.40. The number of benzene rings is 1. The summed E-state index contributed by atoms with van der Waals surface area (Å²) in [4.78, 5) is 17.0. The largest absolute Gasteiger partial charge is 0.378 e. The van der Waals surface area contributed by atoms with Crippen molar-refractivity contribution in [2.24, 2.45) is 17.6 Å². The van der Waals surface area contributed by atoms with Crippen molar-refractivity contribution in [2.75, 3.05) is 44.3 Å². The van der Waals surface area contributed by atoms with Gasteiger partial charge in [0.25, 0.3) is 5.91 Å². The van der Waals surface area contributed by atoms with Crippen molar-refractivity contribution in [1.29, 1.82) is 0 Å². The Bertz CT molecular complexity index is 555. The maximum absolute atomic E-state index is 12.8. The average molecular weight is 317 g/mol. The van der Waals surface area contributed by atoms with Crippen LogP contribution in [0.1, 0.15) is 24.2 Å². The van der Waals surface area contributed by atoms with Crippen LogP contribution in [0.3, 0.4) is 0 Å². The molecule has 0 radical (unpaired) electrons. The van der Waals surface area contributed by atoms with E-state index >= 15 is 0 Å². The number of hydrogen-bond donors (Lipinski definition) is 1. The van der Waals surface area contributed by atoms with Gasteiger partial charge in [-0.1, -0.05) is 19.9 Å². The van der Waals surface area contributed by atoms with Crippen LogP contribution in [0.25, 0.3) is 0 Å². The second-order valence-electron chi connectivity index (χ2n) is 6.93. The highest BCUT2D eigenvalue weighted by molar-refractivity contribution is 5.95. The molecule has 2 fully saturated rings. The van der Waals surface area contributed by atoms with Crippen molar-refractivity contribution >= 4 is 11.6 Å². The number of anilines is 1. The van der Waals surface area contributed by atoms with Crippen LogP contribution in [0.15, 0.2) is 24.3 Å². The van der Waals surface area contributed by atoms with Gasteiger partial charge in [0, 0.05) is 43.5 Å². The third kappa shape index (κ3) is 3.51. The molecule has 3 rings (SSSR count). The Balaban J connectivity index is 1.73. The van der Waals surface area contributed by atoms with Crippen LogP contribution in [0, 0.1) is 11.8 Å². The smallest absolute Gasteiger partial charge is 0.253 e. The first-order valence-electron chi connectivity index (χ1n) is 8.54. The van der Waals surface area contributed by atoms with Crippen LogP contribution >= 0.6 is 0 Å². The van der Waals surface area contributed by atoms with Gasteiger partial charge >= 0.3 is 0 Å². The van der Waals surface area contributed by atoms with Gasteiger partial charge in [-0.05, 0) is 30.0 Å². The minimum atomic E-state index is 0.0846. The van der Waals surface area contributed by atoms with E-state index in [0.29, 0.717) is 18.4 Å². The molecule has 0 bridgehead atoms. The topological polar surface area (TPSA) is 58.8 Å². The average Bonchev–Trinajstić information content (AvgIpc) is 2.97. The summed E-state index contributed by atoms with van der Waals surface area (Å²) >= 11 is 0. The molecule has 126 valence electrons. The molecule has 0 spiro atoms. The van der Waals surface area contributed by atoms with Crippen LogP contribution < -0.4 is 10.6 Å². The van der Waals surface area contributed by atoms with E-state index in [1.807, 2.05) is 23.1 Å². The van der Waals surface area contributed by atoms with E-state index < -0.39 is 0 Å². The van der Waals surface area contributed by atoms with Gasteiger partial charge in [-0.25, -0.2) is 0 Å². The summed E-state index contributed by atoms with van der Waals surface area (Å²) in [5.41, 5.74) is 8.07. The van der Waals surface area contributed by atoms with E-state index in [0.717, 1.165) is 44.1 Å². The number of nitrogens with two attached hydrogens (primary N) is 1. The molecule has 0 unspecified atom stereocenters. The maximum Gasteiger partial charge on any atom is 0.253 e. The zero-order valence-corrected chi connectivity index (χ0v) is 14.1. The lowest BCUT2D eigenvalue weighted by Crippen LogP contribution is -2.36. The first-order chi connectivity index (χ1) is 11.1. The van der Waals surface area contributed by atoms with Gasteiger partial charge in [-0.3, -0.25) is 4.79 Å². The number of morpholine rings is 1. The third-order valence-electron chi connectivity index (χ3n) is 5.03. The molecule has 1 aromatic carbocycles. The Morgan fingerprint density at radius 1 is 1.26 bits per heavy atom. The monoisotopic (exact) mass is 317 g/mol. The fourth-order valence-corrected chi connectivity index (χ4v) is 3.57. The molecular formula is C18H27N3O2. The van der Waals surface area contributed by atoms with Crippen LogP contribution in [0.5, 0.6) is 0 Å². The van der Waals surface area contributed by atoms with Gasteiger partial charge < -0.3 is 20.3 Å². The first-order valence-corrected chi connectivity index (χ1v) is 8.54. The van der Waals surface area contributed by atoms with Gasteiger partial charge in [-0.2, -0.15) is 0 Å². The van der Waals surface area contributed by atoms with Crippen LogP contribution in [0.4, 0.5) is 5.69 Å². The predicted molar refractivity (Wildman–Crippen MR) is 91.7 cm³/mol. The Labute approximate surface area is 138 Å². The van der Waals surface area contributed by atoms with E-state index in [-0.39, 0.29) is 11.9 Å². The van der Waals surface area contributed by atoms with E-state index in [1.165, 1.54) is 0 Å². The summed E-state index contributed by atoms with van der Waals surface area (Å²) in [6, 6.07) is 8.02.